The molecule has 3 aliphatic rings. The molecule has 1 aromatic carbocycles. The molecule has 0 bridgehead atoms. The van der Waals surface area contributed by atoms with Crippen molar-refractivity contribution < 1.29 is 9.53 Å². The van der Waals surface area contributed by atoms with Crippen molar-refractivity contribution in [1.29, 1.82) is 0 Å². The van der Waals surface area contributed by atoms with Gasteiger partial charge in [-0.2, -0.15) is 0 Å². The molecule has 4 heteroatoms. The second-order valence-electron chi connectivity index (χ2n) is 8.45. The molecule has 1 unspecified atom stereocenters. The number of hydrogen-bond donors (Lipinski definition) is 0. The highest BCUT2D eigenvalue weighted by Gasteiger charge is 2.28. The lowest BCUT2D eigenvalue weighted by atomic mass is 9.85. The summed E-state index contributed by atoms with van der Waals surface area (Å²) in [5, 5.41) is 0. The Labute approximate surface area is 180 Å². The van der Waals surface area contributed by atoms with Crippen LogP contribution >= 0.6 is 0 Å². The van der Waals surface area contributed by atoms with Crippen LogP contribution < -0.4 is 0 Å². The molecule has 30 heavy (non-hydrogen) atoms. The molecule has 160 valence electrons. The minimum Gasteiger partial charge on any atom is -0.372 e. The van der Waals surface area contributed by atoms with Gasteiger partial charge in [0, 0.05) is 38.3 Å². The summed E-state index contributed by atoms with van der Waals surface area (Å²) in [6, 6.07) is 8.33. The first-order valence-corrected chi connectivity index (χ1v) is 11.5. The van der Waals surface area contributed by atoms with Crippen LogP contribution in [0.15, 0.2) is 53.6 Å². The normalized spacial score (nSPS) is 21.3. The van der Waals surface area contributed by atoms with Gasteiger partial charge in [0.2, 0.25) is 0 Å². The minimum atomic E-state index is 0.121. The van der Waals surface area contributed by atoms with Gasteiger partial charge in [0.05, 0.1) is 12.7 Å². The second-order valence-corrected chi connectivity index (χ2v) is 8.45. The number of epoxide rings is 1. The maximum atomic E-state index is 12.7. The van der Waals surface area contributed by atoms with Gasteiger partial charge < -0.3 is 14.5 Å². The summed E-state index contributed by atoms with van der Waals surface area (Å²) in [5.41, 5.74) is 6.45. The molecule has 2 saturated heterocycles. The van der Waals surface area contributed by atoms with Gasteiger partial charge in [-0.15, -0.1) is 0 Å². The van der Waals surface area contributed by atoms with Crippen LogP contribution in [0.2, 0.25) is 0 Å². The molecule has 0 spiro atoms. The van der Waals surface area contributed by atoms with Crippen molar-refractivity contribution in [1.82, 2.24) is 9.80 Å². The summed E-state index contributed by atoms with van der Waals surface area (Å²) < 4.78 is 5.41. The lowest BCUT2D eigenvalue weighted by molar-refractivity contribution is 0.0773. The Morgan fingerprint density at radius 2 is 1.73 bits per heavy atom. The molecule has 2 fully saturated rings. The molecule has 2 heterocycles. The zero-order valence-corrected chi connectivity index (χ0v) is 18.4. The zero-order valence-electron chi connectivity index (χ0n) is 18.4. The van der Waals surface area contributed by atoms with E-state index in [9.17, 15) is 4.79 Å². The van der Waals surface area contributed by atoms with Crippen LogP contribution in [0.1, 0.15) is 55.5 Å². The van der Waals surface area contributed by atoms with E-state index in [1.54, 1.807) is 5.57 Å². The number of carbonyl (C=O) groups is 1. The molecule has 0 radical (unpaired) electrons. The summed E-state index contributed by atoms with van der Waals surface area (Å²) in [7, 11) is 0. The molecule has 0 aromatic heterocycles. The maximum absolute atomic E-state index is 12.7. The number of amides is 1. The van der Waals surface area contributed by atoms with Crippen molar-refractivity contribution in [3.05, 3.63) is 64.8 Å². The fraction of sp³-hybridized carbons (Fsp3) is 0.500. The van der Waals surface area contributed by atoms with E-state index in [4.69, 9.17) is 4.74 Å². The number of allylic oxidation sites excluding steroid dienone is 5. The van der Waals surface area contributed by atoms with Gasteiger partial charge in [0.15, 0.2) is 0 Å². The predicted octanol–water partition coefficient (Wildman–Crippen LogP) is 4.69. The third-order valence-corrected chi connectivity index (χ3v) is 6.48. The smallest absolute Gasteiger partial charge is 0.253 e. The van der Waals surface area contributed by atoms with Crippen molar-refractivity contribution in [3.8, 4) is 0 Å². The number of ether oxygens (including phenoxy) is 1. The van der Waals surface area contributed by atoms with Crippen molar-refractivity contribution in [2.45, 2.75) is 45.6 Å². The largest absolute Gasteiger partial charge is 0.372 e. The highest BCUT2D eigenvalue weighted by atomic mass is 16.6. The fourth-order valence-electron chi connectivity index (χ4n) is 4.62. The molecule has 1 amide bonds. The molecule has 1 aromatic rings. The second kappa shape index (κ2) is 9.76. The maximum Gasteiger partial charge on any atom is 0.253 e. The number of likely N-dealkylation sites (tertiary alicyclic amines) is 1. The Hall–Kier alpha value is -2.17. The van der Waals surface area contributed by atoms with E-state index < -0.39 is 0 Å². The zero-order chi connectivity index (χ0) is 20.9. The summed E-state index contributed by atoms with van der Waals surface area (Å²) in [6.07, 6.45) is 11.6. The average Bonchev–Trinajstić information content (AvgIpc) is 3.61. The van der Waals surface area contributed by atoms with Crippen molar-refractivity contribution >= 4 is 11.5 Å². The number of rotatable bonds is 7. The Balaban J connectivity index is 1.58. The van der Waals surface area contributed by atoms with Crippen LogP contribution in [0.25, 0.3) is 5.57 Å². The van der Waals surface area contributed by atoms with Gasteiger partial charge in [-0.3, -0.25) is 4.79 Å². The highest BCUT2D eigenvalue weighted by Crippen LogP contribution is 2.36. The fourth-order valence-corrected chi connectivity index (χ4v) is 4.62. The first-order valence-electron chi connectivity index (χ1n) is 11.5. The van der Waals surface area contributed by atoms with Crippen LogP contribution in [-0.2, 0) is 4.74 Å². The quantitative estimate of drug-likeness (QED) is 0.616. The first-order chi connectivity index (χ1) is 14.7. The molecule has 4 nitrogen and oxygen atoms in total. The van der Waals surface area contributed by atoms with E-state index in [0.29, 0.717) is 6.10 Å². The van der Waals surface area contributed by atoms with E-state index in [1.807, 2.05) is 30.9 Å². The molecular weight excluding hydrogens is 372 g/mol. The predicted molar refractivity (Wildman–Crippen MR) is 122 cm³/mol. The molecule has 2 aliphatic heterocycles. The summed E-state index contributed by atoms with van der Waals surface area (Å²) in [6.45, 7) is 9.79. The van der Waals surface area contributed by atoms with Crippen LogP contribution in [0.5, 0.6) is 0 Å². The Morgan fingerprint density at radius 3 is 2.30 bits per heavy atom. The van der Waals surface area contributed by atoms with Crippen molar-refractivity contribution in [3.63, 3.8) is 0 Å². The van der Waals surface area contributed by atoms with Crippen LogP contribution in [0.4, 0.5) is 0 Å². The summed E-state index contributed by atoms with van der Waals surface area (Å²) in [4.78, 5) is 17.1. The van der Waals surface area contributed by atoms with Gasteiger partial charge >= 0.3 is 0 Å². The first kappa shape index (κ1) is 21.1. The van der Waals surface area contributed by atoms with Crippen molar-refractivity contribution in [2.75, 3.05) is 39.3 Å². The third kappa shape index (κ3) is 4.93. The Morgan fingerprint density at radius 1 is 1.07 bits per heavy atom. The molecule has 1 atom stereocenters. The van der Waals surface area contributed by atoms with E-state index in [2.05, 4.69) is 35.3 Å². The number of benzene rings is 1. The van der Waals surface area contributed by atoms with Gasteiger partial charge in [0.1, 0.15) is 0 Å². The number of piperidine rings is 1. The van der Waals surface area contributed by atoms with Crippen molar-refractivity contribution in [2.24, 2.45) is 0 Å². The molecule has 1 aliphatic carbocycles. The van der Waals surface area contributed by atoms with E-state index in [-0.39, 0.29) is 5.91 Å². The lowest BCUT2D eigenvalue weighted by Crippen LogP contribution is -2.34. The lowest BCUT2D eigenvalue weighted by Gasteiger charge is -2.30. The molecule has 0 N–H and O–H groups in total. The van der Waals surface area contributed by atoms with Gasteiger partial charge in [-0.05, 0) is 68.4 Å². The molecule has 0 saturated carbocycles. The molecular formula is C26H34N2O2. The van der Waals surface area contributed by atoms with Crippen LogP contribution in [0.3, 0.4) is 0 Å². The van der Waals surface area contributed by atoms with Crippen LogP contribution in [0, 0.1) is 0 Å². The summed E-state index contributed by atoms with van der Waals surface area (Å²) >= 11 is 0. The van der Waals surface area contributed by atoms with E-state index >= 15 is 0 Å². The monoisotopic (exact) mass is 406 g/mol. The number of nitrogens with zero attached hydrogens (tertiary/aromatic N) is 2. The number of carbonyl (C=O) groups excluding carboxylic acids is 1. The Kier molecular flexibility index (Phi) is 6.86. The van der Waals surface area contributed by atoms with Gasteiger partial charge in [-0.1, -0.05) is 35.9 Å². The average molecular weight is 407 g/mol. The SMILES string of the molecule is CCN(CC)C(=O)c1ccc(C(C2=CC=CCC2)=C2CCN(CC3CO3)CC2)cc1. The topological polar surface area (TPSA) is 36.1 Å². The number of hydrogen-bond acceptors (Lipinski definition) is 3. The minimum absolute atomic E-state index is 0.121. The van der Waals surface area contributed by atoms with Gasteiger partial charge in [-0.25, -0.2) is 0 Å². The third-order valence-electron chi connectivity index (χ3n) is 6.48. The van der Waals surface area contributed by atoms with Crippen LogP contribution in [-0.4, -0.2) is 61.1 Å². The van der Waals surface area contributed by atoms with E-state index in [0.717, 1.165) is 70.6 Å². The summed E-state index contributed by atoms with van der Waals surface area (Å²) in [5.74, 6) is 0.121. The van der Waals surface area contributed by atoms with Gasteiger partial charge in [0.25, 0.3) is 5.91 Å². The molecule has 4 rings (SSSR count). The highest BCUT2D eigenvalue weighted by molar-refractivity contribution is 5.95. The van der Waals surface area contributed by atoms with E-state index in [1.165, 1.54) is 16.7 Å². The standard InChI is InChI=1S/C26H34N2O2/c1-3-28(4-2)26(29)23-12-10-21(11-13-23)25(20-8-6-5-7-9-20)22-14-16-27(17-15-22)18-24-19-30-24/h5-6,8,10-13,24H,3-4,7,9,14-19H2,1-2H3. The Bertz CT molecular complexity index is 832.